The lowest BCUT2D eigenvalue weighted by Crippen LogP contribution is -2.43. The third kappa shape index (κ3) is 8.73. The number of rotatable bonds is 8. The van der Waals surface area contributed by atoms with E-state index in [0.29, 0.717) is 18.1 Å². The number of alkyl halides is 3. The van der Waals surface area contributed by atoms with E-state index in [9.17, 15) is 18.0 Å². The Hall–Kier alpha value is -4.32. The minimum atomic E-state index is -4.75. The number of nitrogens with one attached hydrogen (secondary N) is 1. The van der Waals surface area contributed by atoms with Crippen LogP contribution in [-0.2, 0) is 6.42 Å². The molecule has 2 amide bonds. The number of benzene rings is 3. The van der Waals surface area contributed by atoms with Crippen LogP contribution < -0.4 is 15.0 Å². The van der Waals surface area contributed by atoms with Crippen LogP contribution in [-0.4, -0.2) is 50.7 Å². The van der Waals surface area contributed by atoms with Gasteiger partial charge in [-0.15, -0.1) is 18.3 Å². The van der Waals surface area contributed by atoms with Crippen LogP contribution in [0.15, 0.2) is 72.0 Å². The lowest BCUT2D eigenvalue weighted by atomic mass is 9.85. The number of nitrogens with zero attached hydrogens (tertiary/aromatic N) is 5. The van der Waals surface area contributed by atoms with Gasteiger partial charge in [-0.05, 0) is 86.9 Å². The molecule has 8 nitrogen and oxygen atoms in total. The van der Waals surface area contributed by atoms with E-state index in [0.717, 1.165) is 40.6 Å². The summed E-state index contributed by atoms with van der Waals surface area (Å²) in [5, 5.41) is 8.24. The summed E-state index contributed by atoms with van der Waals surface area (Å²) in [6, 6.07) is 17.5. The van der Waals surface area contributed by atoms with Gasteiger partial charge in [0.05, 0.1) is 5.69 Å². The minimum absolute atomic E-state index is 0.236. The number of hydrogen-bond donors (Lipinski definition) is 1. The van der Waals surface area contributed by atoms with Gasteiger partial charge < -0.3 is 15.0 Å². The average Bonchev–Trinajstić information content (AvgIpc) is 3.47. The molecule has 1 N–H and O–H groups in total. The minimum Gasteiger partial charge on any atom is -0.406 e. The number of aliphatic imine (C=N–C) groups is 1. The molecule has 47 heavy (non-hydrogen) atoms. The molecule has 0 saturated carbocycles. The maximum absolute atomic E-state index is 13.1. The monoisotopic (exact) mass is 664 g/mol. The van der Waals surface area contributed by atoms with Gasteiger partial charge in [0.2, 0.25) is 0 Å². The van der Waals surface area contributed by atoms with Crippen molar-refractivity contribution in [3.05, 3.63) is 89.2 Å². The molecule has 12 heteroatoms. The molecule has 1 atom stereocenters. The summed E-state index contributed by atoms with van der Waals surface area (Å²) in [5.74, 6) is 1.09. The molecule has 2 heterocycles. The Labute approximate surface area is 277 Å². The van der Waals surface area contributed by atoms with Crippen LogP contribution in [0, 0.1) is 26.2 Å². The van der Waals surface area contributed by atoms with E-state index in [-0.39, 0.29) is 23.2 Å². The number of halogens is 3. The zero-order chi connectivity index (χ0) is 33.9. The molecule has 0 radical (unpaired) electrons. The summed E-state index contributed by atoms with van der Waals surface area (Å²) in [7, 11) is 0. The lowest BCUT2D eigenvalue weighted by molar-refractivity contribution is -0.274. The summed E-state index contributed by atoms with van der Waals surface area (Å²) < 4.78 is 42.8. The molecule has 0 aliphatic carbocycles. The second-order valence-corrected chi connectivity index (χ2v) is 13.8. The van der Waals surface area contributed by atoms with Crippen molar-refractivity contribution in [3.63, 3.8) is 0 Å². The van der Waals surface area contributed by atoms with Crippen molar-refractivity contribution in [3.8, 4) is 22.8 Å². The third-order valence-corrected chi connectivity index (χ3v) is 8.91. The molecule has 1 unspecified atom stereocenters. The van der Waals surface area contributed by atoms with E-state index in [2.05, 4.69) is 83.7 Å². The first-order chi connectivity index (χ1) is 22.2. The van der Waals surface area contributed by atoms with Crippen LogP contribution >= 0.6 is 11.8 Å². The second-order valence-electron chi connectivity index (χ2n) is 12.7. The zero-order valence-electron chi connectivity index (χ0n) is 27.4. The maximum atomic E-state index is 13.1. The van der Waals surface area contributed by atoms with Crippen molar-refractivity contribution >= 4 is 28.6 Å². The van der Waals surface area contributed by atoms with Crippen molar-refractivity contribution in [2.24, 2.45) is 10.4 Å². The molecule has 3 aromatic carbocycles. The number of thioether (sulfide) groups is 1. The van der Waals surface area contributed by atoms with Crippen molar-refractivity contribution in [2.45, 2.75) is 66.8 Å². The number of ether oxygens (including phenoxy) is 1. The Morgan fingerprint density at radius 3 is 2.34 bits per heavy atom. The summed E-state index contributed by atoms with van der Waals surface area (Å²) in [5.41, 5.74) is 6.89. The van der Waals surface area contributed by atoms with Crippen LogP contribution in [0.5, 0.6) is 5.75 Å². The molecule has 0 spiro atoms. The number of hydrogen-bond acceptors (Lipinski definition) is 5. The average molecular weight is 665 g/mol. The molecule has 1 aromatic heterocycles. The Morgan fingerprint density at radius 1 is 1.04 bits per heavy atom. The van der Waals surface area contributed by atoms with Crippen molar-refractivity contribution in [1.29, 1.82) is 0 Å². The summed E-state index contributed by atoms with van der Waals surface area (Å²) in [4.78, 5) is 24.2. The number of aryl methyl sites for hydroxylation is 3. The first-order valence-corrected chi connectivity index (χ1v) is 16.4. The van der Waals surface area contributed by atoms with Crippen LogP contribution in [0.2, 0.25) is 0 Å². The Balaban J connectivity index is 1.20. The van der Waals surface area contributed by atoms with Gasteiger partial charge in [-0.3, -0.25) is 0 Å². The zero-order valence-corrected chi connectivity index (χ0v) is 28.2. The van der Waals surface area contributed by atoms with Gasteiger partial charge in [-0.2, -0.15) is 4.99 Å². The van der Waals surface area contributed by atoms with Crippen molar-refractivity contribution in [1.82, 2.24) is 20.1 Å². The van der Waals surface area contributed by atoms with Gasteiger partial charge in [-0.1, -0.05) is 67.6 Å². The third-order valence-electron chi connectivity index (χ3n) is 7.93. The Morgan fingerprint density at radius 2 is 1.70 bits per heavy atom. The number of amidine groups is 1. The fraction of sp³-hybridized carbons (Fsp3) is 0.371. The van der Waals surface area contributed by atoms with Gasteiger partial charge in [0.1, 0.15) is 12.1 Å². The van der Waals surface area contributed by atoms with E-state index < -0.39 is 6.36 Å². The van der Waals surface area contributed by atoms with E-state index in [1.807, 2.05) is 24.3 Å². The standard InChI is InChI=1S/C35H39F3N6O2S/c1-22-17-23(2)30(24(3)18-22)44-25(4)15-16-47-33(44)41-32(45)39-20-34(5,6)19-26-7-9-27(10-8-26)31-40-21-43(42-31)28-11-13-29(14-12-28)46-35(36,37)38/h7-14,17-18,21,25H,15-16,19-20H2,1-6H3,(H,39,45)/b41-33-. The maximum Gasteiger partial charge on any atom is 0.573 e. The largest absolute Gasteiger partial charge is 0.573 e. The molecule has 4 aromatic rings. The van der Waals surface area contributed by atoms with Crippen molar-refractivity contribution in [2.75, 3.05) is 17.2 Å². The number of urea groups is 1. The van der Waals surface area contributed by atoms with Gasteiger partial charge >= 0.3 is 12.4 Å². The number of carbonyl (C=O) groups excluding carboxylic acids is 1. The highest BCUT2D eigenvalue weighted by Crippen LogP contribution is 2.35. The number of aromatic nitrogens is 3. The van der Waals surface area contributed by atoms with Crippen LogP contribution in [0.4, 0.5) is 23.7 Å². The van der Waals surface area contributed by atoms with E-state index in [1.165, 1.54) is 52.0 Å². The molecule has 5 rings (SSSR count). The van der Waals surface area contributed by atoms with E-state index in [4.69, 9.17) is 0 Å². The molecular weight excluding hydrogens is 625 g/mol. The van der Waals surface area contributed by atoms with Crippen LogP contribution in [0.1, 0.15) is 49.4 Å². The molecule has 1 fully saturated rings. The first kappa shape index (κ1) is 34.0. The Kier molecular flexibility index (Phi) is 10.00. The SMILES string of the molecule is Cc1cc(C)c(N2/C(=N/C(=O)NCC(C)(C)Cc3ccc(-c4ncn(-c5ccc(OC(F)(F)F)cc5)n4)cc3)SCCC2C)c(C)c1. The number of anilines is 1. The first-order valence-electron chi connectivity index (χ1n) is 15.4. The number of carbonyl (C=O) groups is 1. The topological polar surface area (TPSA) is 84.6 Å². The number of amides is 2. The lowest BCUT2D eigenvalue weighted by Gasteiger charge is -2.37. The quantitative estimate of drug-likeness (QED) is 0.204. The summed E-state index contributed by atoms with van der Waals surface area (Å²) >= 11 is 1.62. The molecule has 0 bridgehead atoms. The smallest absolute Gasteiger partial charge is 0.406 e. The van der Waals surface area contributed by atoms with E-state index >= 15 is 0 Å². The summed E-state index contributed by atoms with van der Waals surface area (Å²) in [6.07, 6.45) is -1.51. The normalized spacial score (nSPS) is 16.4. The van der Waals surface area contributed by atoms with Gasteiger partial charge in [0.15, 0.2) is 11.0 Å². The predicted molar refractivity (Wildman–Crippen MR) is 181 cm³/mol. The predicted octanol–water partition coefficient (Wildman–Crippen LogP) is 8.42. The molecule has 248 valence electrons. The van der Waals surface area contributed by atoms with Crippen LogP contribution in [0.25, 0.3) is 17.1 Å². The van der Waals surface area contributed by atoms with Gasteiger partial charge in [0.25, 0.3) is 0 Å². The fourth-order valence-corrected chi connectivity index (χ4v) is 7.01. The highest BCUT2D eigenvalue weighted by molar-refractivity contribution is 8.14. The molecular formula is C35H39F3N6O2S. The highest BCUT2D eigenvalue weighted by Gasteiger charge is 2.31. The van der Waals surface area contributed by atoms with Crippen molar-refractivity contribution < 1.29 is 22.7 Å². The highest BCUT2D eigenvalue weighted by atomic mass is 32.2. The Bertz CT molecular complexity index is 1730. The molecule has 1 aliphatic heterocycles. The molecule has 1 aliphatic rings. The van der Waals surface area contributed by atoms with Crippen LogP contribution in [0.3, 0.4) is 0 Å². The fourth-order valence-electron chi connectivity index (χ4n) is 5.81. The molecule has 1 saturated heterocycles. The van der Waals surface area contributed by atoms with Gasteiger partial charge in [0, 0.05) is 29.6 Å². The van der Waals surface area contributed by atoms with E-state index in [1.54, 1.807) is 11.8 Å². The summed E-state index contributed by atoms with van der Waals surface area (Å²) in [6.45, 7) is 13.2. The second kappa shape index (κ2) is 13.8. The van der Waals surface area contributed by atoms with Gasteiger partial charge in [-0.25, -0.2) is 14.5 Å².